The number of aliphatic imine (C=N–C) groups is 1. The molecule has 0 radical (unpaired) electrons. The van der Waals surface area contributed by atoms with E-state index in [2.05, 4.69) is 4.99 Å². The first-order chi connectivity index (χ1) is 11.5. The number of aryl methyl sites for hydroxylation is 1. The Bertz CT molecular complexity index is 778. The van der Waals surface area contributed by atoms with Crippen molar-refractivity contribution in [3.8, 4) is 0 Å². The summed E-state index contributed by atoms with van der Waals surface area (Å²) in [6, 6.07) is 15.0. The van der Waals surface area contributed by atoms with E-state index in [4.69, 9.17) is 11.6 Å². The van der Waals surface area contributed by atoms with Gasteiger partial charge in [0.1, 0.15) is 17.5 Å². The minimum Gasteiger partial charge on any atom is -0.298 e. The smallest absolute Gasteiger partial charge is 0.149 e. The van der Waals surface area contributed by atoms with Crippen LogP contribution in [0.2, 0.25) is 5.02 Å². The van der Waals surface area contributed by atoms with E-state index < -0.39 is 5.92 Å². The molecule has 122 valence electrons. The molecule has 0 aliphatic heterocycles. The maximum Gasteiger partial charge on any atom is 0.149 e. The largest absolute Gasteiger partial charge is 0.298 e. The molecule has 3 nitrogen and oxygen atoms in total. The second-order valence-corrected chi connectivity index (χ2v) is 6.56. The number of carbonyl (C=O) groups excluding carboxylic acids is 2. The number of ketones is 2. The molecule has 1 fully saturated rings. The van der Waals surface area contributed by atoms with E-state index in [-0.39, 0.29) is 17.5 Å². The van der Waals surface area contributed by atoms with Crippen molar-refractivity contribution in [2.75, 3.05) is 0 Å². The molecule has 0 aromatic heterocycles. The van der Waals surface area contributed by atoms with E-state index in [1.807, 2.05) is 49.4 Å². The van der Waals surface area contributed by atoms with Gasteiger partial charge in [0, 0.05) is 24.1 Å². The second-order valence-electron chi connectivity index (χ2n) is 6.15. The van der Waals surface area contributed by atoms with Gasteiger partial charge in [0.25, 0.3) is 0 Å². The van der Waals surface area contributed by atoms with E-state index in [9.17, 15) is 9.59 Å². The first kappa shape index (κ1) is 16.6. The van der Waals surface area contributed by atoms with Gasteiger partial charge in [-0.25, -0.2) is 0 Å². The summed E-state index contributed by atoms with van der Waals surface area (Å²) >= 11 is 6.19. The van der Waals surface area contributed by atoms with Crippen LogP contribution < -0.4 is 0 Å². The van der Waals surface area contributed by atoms with Gasteiger partial charge in [-0.05, 0) is 36.6 Å². The fourth-order valence-electron chi connectivity index (χ4n) is 2.98. The predicted molar refractivity (Wildman–Crippen MR) is 96.3 cm³/mol. The van der Waals surface area contributed by atoms with E-state index >= 15 is 0 Å². The molecule has 24 heavy (non-hydrogen) atoms. The molecule has 1 aliphatic rings. The molecule has 1 saturated carbocycles. The Kier molecular flexibility index (Phi) is 4.91. The highest BCUT2D eigenvalue weighted by Gasteiger charge is 2.35. The molecular formula is C20H18ClNO2. The summed E-state index contributed by atoms with van der Waals surface area (Å²) in [5.41, 5.74) is 2.76. The average molecular weight is 340 g/mol. The van der Waals surface area contributed by atoms with Crippen LogP contribution in [-0.2, 0) is 9.59 Å². The molecule has 0 heterocycles. The minimum absolute atomic E-state index is 0.0907. The third kappa shape index (κ3) is 3.62. The zero-order chi connectivity index (χ0) is 17.1. The van der Waals surface area contributed by atoms with Gasteiger partial charge >= 0.3 is 0 Å². The van der Waals surface area contributed by atoms with Gasteiger partial charge in [0.15, 0.2) is 0 Å². The van der Waals surface area contributed by atoms with Crippen LogP contribution in [0.25, 0.3) is 0 Å². The van der Waals surface area contributed by atoms with Crippen molar-refractivity contribution in [1.29, 1.82) is 0 Å². The van der Waals surface area contributed by atoms with Crippen LogP contribution in [0.15, 0.2) is 53.5 Å². The number of carbonyl (C=O) groups is 2. The van der Waals surface area contributed by atoms with Gasteiger partial charge in [0.05, 0.1) is 5.69 Å². The summed E-state index contributed by atoms with van der Waals surface area (Å²) < 4.78 is 0. The molecule has 3 rings (SSSR count). The Labute approximate surface area is 146 Å². The average Bonchev–Trinajstić information content (AvgIpc) is 2.56. The Balaban J connectivity index is 1.74. The Hall–Kier alpha value is -2.26. The van der Waals surface area contributed by atoms with Crippen LogP contribution in [0.4, 0.5) is 5.69 Å². The molecule has 0 atom stereocenters. The Morgan fingerprint density at radius 3 is 2.25 bits per heavy atom. The fraction of sp³-hybridized carbons (Fsp3) is 0.250. The molecule has 2 aromatic carbocycles. The van der Waals surface area contributed by atoms with Crippen molar-refractivity contribution >= 4 is 35.1 Å². The lowest BCUT2D eigenvalue weighted by molar-refractivity contribution is -0.133. The van der Waals surface area contributed by atoms with Crippen molar-refractivity contribution < 1.29 is 9.59 Å². The zero-order valence-corrected chi connectivity index (χ0v) is 14.2. The van der Waals surface area contributed by atoms with Crippen LogP contribution in [0, 0.1) is 12.8 Å². The van der Waals surface area contributed by atoms with Crippen LogP contribution in [0.1, 0.15) is 29.9 Å². The first-order valence-electron chi connectivity index (χ1n) is 7.95. The SMILES string of the molecule is Cc1ccc(N=CC2C(=O)CC(c3ccccc3Cl)CC2=O)cc1. The molecule has 0 unspecified atom stereocenters. The summed E-state index contributed by atoms with van der Waals surface area (Å²) in [5.74, 6) is -1.06. The van der Waals surface area contributed by atoms with Crippen LogP contribution in [-0.4, -0.2) is 17.8 Å². The molecule has 0 spiro atoms. The molecule has 2 aromatic rings. The molecular weight excluding hydrogens is 322 g/mol. The molecule has 4 heteroatoms. The van der Waals surface area contributed by atoms with Crippen molar-refractivity contribution in [3.63, 3.8) is 0 Å². The highest BCUT2D eigenvalue weighted by Crippen LogP contribution is 2.35. The van der Waals surface area contributed by atoms with Crippen LogP contribution >= 0.6 is 11.6 Å². The maximum atomic E-state index is 12.4. The number of Topliss-reactive ketones (excluding diaryl/α,β-unsaturated/α-hetero) is 2. The lowest BCUT2D eigenvalue weighted by Gasteiger charge is -2.25. The topological polar surface area (TPSA) is 46.5 Å². The van der Waals surface area contributed by atoms with Crippen molar-refractivity contribution in [1.82, 2.24) is 0 Å². The van der Waals surface area contributed by atoms with Crippen molar-refractivity contribution in [2.45, 2.75) is 25.7 Å². The Morgan fingerprint density at radius 2 is 1.62 bits per heavy atom. The molecule has 0 amide bonds. The summed E-state index contributed by atoms with van der Waals surface area (Å²) in [4.78, 5) is 29.1. The number of hydrogen-bond acceptors (Lipinski definition) is 3. The normalized spacial score (nSPS) is 21.4. The van der Waals surface area contributed by atoms with Crippen LogP contribution in [0.5, 0.6) is 0 Å². The summed E-state index contributed by atoms with van der Waals surface area (Å²) in [7, 11) is 0. The quantitative estimate of drug-likeness (QED) is 0.602. The van der Waals surface area contributed by atoms with Gasteiger partial charge in [-0.1, -0.05) is 47.5 Å². The third-order valence-corrected chi connectivity index (χ3v) is 4.68. The predicted octanol–water partition coefficient (Wildman–Crippen LogP) is 4.68. The minimum atomic E-state index is -0.745. The monoisotopic (exact) mass is 339 g/mol. The first-order valence-corrected chi connectivity index (χ1v) is 8.33. The summed E-state index contributed by atoms with van der Waals surface area (Å²) in [6.45, 7) is 2.00. The van der Waals surface area contributed by atoms with Gasteiger partial charge < -0.3 is 0 Å². The van der Waals surface area contributed by atoms with E-state index in [0.29, 0.717) is 17.9 Å². The highest BCUT2D eigenvalue weighted by atomic mass is 35.5. The number of halogens is 1. The molecule has 1 aliphatic carbocycles. The lowest BCUT2D eigenvalue weighted by atomic mass is 9.77. The van der Waals surface area contributed by atoms with Crippen molar-refractivity contribution in [3.05, 3.63) is 64.7 Å². The second kappa shape index (κ2) is 7.10. The highest BCUT2D eigenvalue weighted by molar-refractivity contribution is 6.31. The van der Waals surface area contributed by atoms with Crippen molar-refractivity contribution in [2.24, 2.45) is 10.9 Å². The van der Waals surface area contributed by atoms with Gasteiger partial charge in [-0.3, -0.25) is 14.6 Å². The molecule has 0 bridgehead atoms. The number of nitrogens with zero attached hydrogens (tertiary/aromatic N) is 1. The zero-order valence-electron chi connectivity index (χ0n) is 13.4. The Morgan fingerprint density at radius 1 is 1.00 bits per heavy atom. The van der Waals surface area contributed by atoms with E-state index in [0.717, 1.165) is 16.8 Å². The summed E-state index contributed by atoms with van der Waals surface area (Å²) in [5, 5.41) is 0.606. The summed E-state index contributed by atoms with van der Waals surface area (Å²) in [6.07, 6.45) is 2.12. The fourth-order valence-corrected chi connectivity index (χ4v) is 3.27. The van der Waals surface area contributed by atoms with E-state index in [1.165, 1.54) is 6.21 Å². The van der Waals surface area contributed by atoms with E-state index in [1.54, 1.807) is 6.07 Å². The van der Waals surface area contributed by atoms with Gasteiger partial charge in [0.2, 0.25) is 0 Å². The van der Waals surface area contributed by atoms with Gasteiger partial charge in [-0.2, -0.15) is 0 Å². The third-order valence-electron chi connectivity index (χ3n) is 4.34. The number of rotatable bonds is 3. The number of benzene rings is 2. The molecule has 0 saturated heterocycles. The molecule has 0 N–H and O–H groups in total. The standard InChI is InChI=1S/C20H18ClNO2/c1-13-6-8-15(9-7-13)22-12-17-19(23)10-14(11-20(17)24)16-4-2-3-5-18(16)21/h2-9,12,14,17H,10-11H2,1H3. The van der Waals surface area contributed by atoms with Gasteiger partial charge in [-0.15, -0.1) is 0 Å². The number of hydrogen-bond donors (Lipinski definition) is 0. The lowest BCUT2D eigenvalue weighted by Crippen LogP contribution is -2.33. The van der Waals surface area contributed by atoms with Crippen LogP contribution in [0.3, 0.4) is 0 Å². The maximum absolute atomic E-state index is 12.4.